The molecule has 18 heavy (non-hydrogen) atoms. The fraction of sp³-hybridized carbons (Fsp3) is 0.750. The summed E-state index contributed by atoms with van der Waals surface area (Å²) in [5.41, 5.74) is 0. The summed E-state index contributed by atoms with van der Waals surface area (Å²) >= 11 is 0. The van der Waals surface area contributed by atoms with Gasteiger partial charge in [0.25, 0.3) is 0 Å². The van der Waals surface area contributed by atoms with Crippen LogP contribution in [0, 0.1) is 5.92 Å². The summed E-state index contributed by atoms with van der Waals surface area (Å²) in [7, 11) is 0. The van der Waals surface area contributed by atoms with Crippen LogP contribution in [0.1, 0.15) is 39.6 Å². The SMILES string of the molecule is CC(C)[C@@H](O)C(=O)NCCc1nncn1C(C)C. The van der Waals surface area contributed by atoms with Crippen LogP contribution in [-0.4, -0.2) is 38.4 Å². The second-order valence-electron chi connectivity index (χ2n) is 4.98. The van der Waals surface area contributed by atoms with Crippen LogP contribution < -0.4 is 5.32 Å². The van der Waals surface area contributed by atoms with E-state index >= 15 is 0 Å². The van der Waals surface area contributed by atoms with Crippen molar-refractivity contribution in [2.45, 2.75) is 46.3 Å². The maximum Gasteiger partial charge on any atom is 0.249 e. The molecular weight excluding hydrogens is 232 g/mol. The standard InChI is InChI=1S/C12H22N4O2/c1-8(2)11(17)12(18)13-6-5-10-15-14-7-16(10)9(3)4/h7-9,11,17H,5-6H2,1-4H3,(H,13,18)/t11-/m1/s1. The van der Waals surface area contributed by atoms with Crippen LogP contribution in [0.2, 0.25) is 0 Å². The first-order valence-corrected chi connectivity index (χ1v) is 6.27. The number of amides is 1. The molecule has 1 aromatic rings. The van der Waals surface area contributed by atoms with Gasteiger partial charge in [0.2, 0.25) is 5.91 Å². The third-order valence-electron chi connectivity index (χ3n) is 2.75. The van der Waals surface area contributed by atoms with E-state index in [0.717, 1.165) is 5.82 Å². The molecule has 1 aromatic heterocycles. The zero-order valence-electron chi connectivity index (χ0n) is 11.4. The molecule has 0 aliphatic heterocycles. The van der Waals surface area contributed by atoms with Gasteiger partial charge in [-0.2, -0.15) is 0 Å². The second kappa shape index (κ2) is 6.49. The predicted octanol–water partition coefficient (Wildman–Crippen LogP) is 0.535. The minimum absolute atomic E-state index is 0.0793. The summed E-state index contributed by atoms with van der Waals surface area (Å²) in [6.07, 6.45) is 1.34. The average molecular weight is 254 g/mol. The van der Waals surface area contributed by atoms with Gasteiger partial charge in [0.1, 0.15) is 18.3 Å². The number of aliphatic hydroxyl groups excluding tert-OH is 1. The van der Waals surface area contributed by atoms with Gasteiger partial charge >= 0.3 is 0 Å². The highest BCUT2D eigenvalue weighted by Gasteiger charge is 2.18. The molecule has 0 unspecified atom stereocenters. The van der Waals surface area contributed by atoms with Crippen LogP contribution in [0.25, 0.3) is 0 Å². The van der Waals surface area contributed by atoms with Crippen LogP contribution in [0.15, 0.2) is 6.33 Å². The molecule has 0 aliphatic rings. The maximum absolute atomic E-state index is 11.5. The minimum Gasteiger partial charge on any atom is -0.383 e. The molecule has 1 rings (SSSR count). The van der Waals surface area contributed by atoms with E-state index in [1.54, 1.807) is 20.2 Å². The third kappa shape index (κ3) is 3.80. The van der Waals surface area contributed by atoms with Gasteiger partial charge in [-0.1, -0.05) is 13.8 Å². The van der Waals surface area contributed by atoms with Crippen LogP contribution in [0.5, 0.6) is 0 Å². The number of carbonyl (C=O) groups excluding carboxylic acids is 1. The molecule has 1 heterocycles. The molecule has 6 nitrogen and oxygen atoms in total. The number of nitrogens with zero attached hydrogens (tertiary/aromatic N) is 3. The molecule has 0 spiro atoms. The summed E-state index contributed by atoms with van der Waals surface area (Å²) < 4.78 is 1.96. The Morgan fingerprint density at radius 1 is 1.44 bits per heavy atom. The molecule has 0 bridgehead atoms. The molecule has 0 aromatic carbocycles. The lowest BCUT2D eigenvalue weighted by Crippen LogP contribution is -2.38. The van der Waals surface area contributed by atoms with E-state index in [4.69, 9.17) is 0 Å². The molecule has 102 valence electrons. The van der Waals surface area contributed by atoms with Crippen molar-refractivity contribution in [2.75, 3.05) is 6.54 Å². The topological polar surface area (TPSA) is 80.0 Å². The molecule has 0 saturated carbocycles. The average Bonchev–Trinajstić information content (AvgIpc) is 2.76. The molecule has 1 amide bonds. The van der Waals surface area contributed by atoms with Crippen LogP contribution in [-0.2, 0) is 11.2 Å². The van der Waals surface area contributed by atoms with Gasteiger partial charge in [-0.15, -0.1) is 10.2 Å². The van der Waals surface area contributed by atoms with Crippen molar-refractivity contribution in [2.24, 2.45) is 5.92 Å². The molecule has 1 atom stereocenters. The highest BCUT2D eigenvalue weighted by Crippen LogP contribution is 2.06. The summed E-state index contributed by atoms with van der Waals surface area (Å²) in [4.78, 5) is 11.5. The third-order valence-corrected chi connectivity index (χ3v) is 2.75. The maximum atomic E-state index is 11.5. The van der Waals surface area contributed by atoms with Crippen LogP contribution in [0.4, 0.5) is 0 Å². The van der Waals surface area contributed by atoms with E-state index in [0.29, 0.717) is 19.0 Å². The van der Waals surface area contributed by atoms with Crippen LogP contribution in [0.3, 0.4) is 0 Å². The van der Waals surface area contributed by atoms with E-state index in [9.17, 15) is 9.90 Å². The Bertz CT molecular complexity index is 387. The number of nitrogens with one attached hydrogen (secondary N) is 1. The summed E-state index contributed by atoms with van der Waals surface area (Å²) in [6, 6.07) is 0.298. The second-order valence-corrected chi connectivity index (χ2v) is 4.98. The fourth-order valence-corrected chi connectivity index (χ4v) is 1.58. The Hall–Kier alpha value is -1.43. The van der Waals surface area contributed by atoms with Crippen molar-refractivity contribution in [3.05, 3.63) is 12.2 Å². The Morgan fingerprint density at radius 2 is 2.11 bits per heavy atom. The van der Waals surface area contributed by atoms with E-state index < -0.39 is 6.10 Å². The van der Waals surface area contributed by atoms with Crippen molar-refractivity contribution in [3.8, 4) is 0 Å². The van der Waals surface area contributed by atoms with Crippen molar-refractivity contribution in [3.63, 3.8) is 0 Å². The van der Waals surface area contributed by atoms with Gasteiger partial charge in [-0.25, -0.2) is 0 Å². The van der Waals surface area contributed by atoms with Gasteiger partial charge in [0.05, 0.1) is 0 Å². The highest BCUT2D eigenvalue weighted by molar-refractivity contribution is 5.80. The zero-order valence-corrected chi connectivity index (χ0v) is 11.4. The van der Waals surface area contributed by atoms with Gasteiger partial charge in [-0.3, -0.25) is 4.79 Å². The van der Waals surface area contributed by atoms with Crippen molar-refractivity contribution in [1.82, 2.24) is 20.1 Å². The Balaban J connectivity index is 2.42. The lowest BCUT2D eigenvalue weighted by Gasteiger charge is -2.14. The molecule has 2 N–H and O–H groups in total. The molecule has 0 radical (unpaired) electrons. The van der Waals surface area contributed by atoms with Gasteiger partial charge < -0.3 is 15.0 Å². The van der Waals surface area contributed by atoms with E-state index in [1.807, 2.05) is 18.4 Å². The molecule has 0 fully saturated rings. The lowest BCUT2D eigenvalue weighted by atomic mass is 10.1. The van der Waals surface area contributed by atoms with E-state index in [-0.39, 0.29) is 11.8 Å². The van der Waals surface area contributed by atoms with Crippen LogP contribution >= 0.6 is 0 Å². The monoisotopic (exact) mass is 254 g/mol. The molecular formula is C12H22N4O2. The molecule has 0 aliphatic carbocycles. The number of carbonyl (C=O) groups is 1. The van der Waals surface area contributed by atoms with Gasteiger partial charge in [0, 0.05) is 19.0 Å². The minimum atomic E-state index is -0.951. The normalized spacial score (nSPS) is 13.1. The number of hydrogen-bond donors (Lipinski definition) is 2. The van der Waals surface area contributed by atoms with Crippen molar-refractivity contribution < 1.29 is 9.90 Å². The first-order valence-electron chi connectivity index (χ1n) is 6.27. The fourth-order valence-electron chi connectivity index (χ4n) is 1.58. The number of rotatable bonds is 6. The lowest BCUT2D eigenvalue weighted by molar-refractivity contribution is -0.131. The van der Waals surface area contributed by atoms with Crippen molar-refractivity contribution >= 4 is 5.91 Å². The Morgan fingerprint density at radius 3 is 2.67 bits per heavy atom. The smallest absolute Gasteiger partial charge is 0.249 e. The predicted molar refractivity (Wildman–Crippen MR) is 68.0 cm³/mol. The summed E-state index contributed by atoms with van der Waals surface area (Å²) in [6.45, 7) is 8.16. The quantitative estimate of drug-likeness (QED) is 0.776. The van der Waals surface area contributed by atoms with Crippen molar-refractivity contribution in [1.29, 1.82) is 0 Å². The van der Waals surface area contributed by atoms with Gasteiger partial charge in [0.15, 0.2) is 0 Å². The molecule has 0 saturated heterocycles. The van der Waals surface area contributed by atoms with Gasteiger partial charge in [-0.05, 0) is 19.8 Å². The summed E-state index contributed by atoms with van der Waals surface area (Å²) in [5.74, 6) is 0.425. The first-order chi connectivity index (χ1) is 8.43. The summed E-state index contributed by atoms with van der Waals surface area (Å²) in [5, 5.41) is 20.1. The van der Waals surface area contributed by atoms with E-state index in [1.165, 1.54) is 0 Å². The highest BCUT2D eigenvalue weighted by atomic mass is 16.3. The Labute approximate surface area is 107 Å². The molecule has 6 heteroatoms. The van der Waals surface area contributed by atoms with E-state index in [2.05, 4.69) is 15.5 Å². The number of aliphatic hydroxyl groups is 1. The number of hydrogen-bond acceptors (Lipinski definition) is 4. The Kier molecular flexibility index (Phi) is 5.27. The zero-order chi connectivity index (χ0) is 13.7. The number of aromatic nitrogens is 3. The largest absolute Gasteiger partial charge is 0.383 e. The first kappa shape index (κ1) is 14.6.